The van der Waals surface area contributed by atoms with Crippen LogP contribution in [0.3, 0.4) is 0 Å². The summed E-state index contributed by atoms with van der Waals surface area (Å²) in [4.78, 5) is 16.4. The van der Waals surface area contributed by atoms with Gasteiger partial charge in [-0.2, -0.15) is 0 Å². The van der Waals surface area contributed by atoms with Crippen LogP contribution in [0.5, 0.6) is 5.75 Å². The number of carbonyl (C=O) groups excluding carboxylic acids is 1. The zero-order chi connectivity index (χ0) is 16.4. The largest absolute Gasteiger partial charge is 0.490 e. The number of carbonyl (C=O) groups is 1. The molecule has 1 aromatic carbocycles. The van der Waals surface area contributed by atoms with Crippen molar-refractivity contribution < 1.29 is 14.1 Å². The van der Waals surface area contributed by atoms with Crippen LogP contribution in [0.25, 0.3) is 0 Å². The van der Waals surface area contributed by atoms with E-state index in [0.29, 0.717) is 26.2 Å². The van der Waals surface area contributed by atoms with Crippen LogP contribution in [-0.4, -0.2) is 42.7 Å². The van der Waals surface area contributed by atoms with Crippen molar-refractivity contribution in [3.63, 3.8) is 0 Å². The van der Waals surface area contributed by atoms with Crippen LogP contribution >= 0.6 is 0 Å². The lowest BCUT2D eigenvalue weighted by Gasteiger charge is -2.30. The molecule has 0 spiro atoms. The number of rotatable bonds is 4. The van der Waals surface area contributed by atoms with Gasteiger partial charge >= 0.3 is 0 Å². The third kappa shape index (κ3) is 3.22. The van der Waals surface area contributed by atoms with Crippen LogP contribution in [0.15, 0.2) is 28.8 Å². The maximum atomic E-state index is 12.7. The normalized spacial score (nSPS) is 13.8. The predicted octanol–water partition coefficient (Wildman–Crippen LogP) is 2.15. The van der Waals surface area contributed by atoms with Crippen LogP contribution in [0.1, 0.15) is 17.0 Å². The molecule has 6 nitrogen and oxygen atoms in total. The summed E-state index contributed by atoms with van der Waals surface area (Å²) in [5, 5.41) is 3.95. The number of hydrogen-bond acceptors (Lipinski definition) is 5. The third-order valence-electron chi connectivity index (χ3n) is 4.04. The molecule has 1 amide bonds. The zero-order valence-electron chi connectivity index (χ0n) is 13.7. The summed E-state index contributed by atoms with van der Waals surface area (Å²) < 4.78 is 10.8. The zero-order valence-corrected chi connectivity index (χ0v) is 13.7. The maximum Gasteiger partial charge on any atom is 0.241 e. The van der Waals surface area contributed by atoms with Crippen molar-refractivity contribution in [1.29, 1.82) is 0 Å². The van der Waals surface area contributed by atoms with Crippen LogP contribution in [0.2, 0.25) is 0 Å². The molecule has 0 fully saturated rings. The SMILES string of the molecule is Cc1noc(C)c1CN(C)CC(=O)N1CCOc2ccccc21. The van der Waals surface area contributed by atoms with Gasteiger partial charge in [-0.1, -0.05) is 17.3 Å². The number of fused-ring (bicyclic) bond motifs is 1. The minimum absolute atomic E-state index is 0.0648. The standard InChI is InChI=1S/C17H21N3O3/c1-12-14(13(2)23-18-12)10-19(3)11-17(21)20-8-9-22-16-7-5-4-6-15(16)20/h4-7H,8-11H2,1-3H3. The van der Waals surface area contributed by atoms with Gasteiger partial charge in [0.05, 0.1) is 24.5 Å². The molecule has 23 heavy (non-hydrogen) atoms. The number of aryl methyl sites for hydroxylation is 2. The number of likely N-dealkylation sites (N-methyl/N-ethyl adjacent to an activating group) is 1. The lowest BCUT2D eigenvalue weighted by Crippen LogP contribution is -2.43. The van der Waals surface area contributed by atoms with Gasteiger partial charge in [-0.3, -0.25) is 9.69 Å². The number of para-hydroxylation sites is 2. The number of amides is 1. The Hall–Kier alpha value is -2.34. The van der Waals surface area contributed by atoms with Crippen molar-refractivity contribution in [2.24, 2.45) is 0 Å². The van der Waals surface area contributed by atoms with Crippen LogP contribution in [0.4, 0.5) is 5.69 Å². The fraction of sp³-hybridized carbons (Fsp3) is 0.412. The van der Waals surface area contributed by atoms with E-state index in [2.05, 4.69) is 5.16 Å². The summed E-state index contributed by atoms with van der Waals surface area (Å²) >= 11 is 0. The van der Waals surface area contributed by atoms with Crippen LogP contribution < -0.4 is 9.64 Å². The van der Waals surface area contributed by atoms with Gasteiger partial charge in [0.25, 0.3) is 0 Å². The highest BCUT2D eigenvalue weighted by Gasteiger charge is 2.24. The number of ether oxygens (including phenoxy) is 1. The maximum absolute atomic E-state index is 12.7. The predicted molar refractivity (Wildman–Crippen MR) is 86.6 cm³/mol. The first-order valence-corrected chi connectivity index (χ1v) is 7.68. The molecule has 0 radical (unpaired) electrons. The van der Waals surface area contributed by atoms with Crippen molar-refractivity contribution in [2.75, 3.05) is 31.6 Å². The molecule has 0 bridgehead atoms. The second-order valence-corrected chi connectivity index (χ2v) is 5.84. The summed E-state index contributed by atoms with van der Waals surface area (Å²) in [6.45, 7) is 5.88. The van der Waals surface area contributed by atoms with Gasteiger partial charge in [0.2, 0.25) is 5.91 Å². The van der Waals surface area contributed by atoms with Gasteiger partial charge in [-0.15, -0.1) is 0 Å². The minimum atomic E-state index is 0.0648. The lowest BCUT2D eigenvalue weighted by molar-refractivity contribution is -0.119. The third-order valence-corrected chi connectivity index (χ3v) is 4.04. The smallest absolute Gasteiger partial charge is 0.241 e. The van der Waals surface area contributed by atoms with Gasteiger partial charge in [-0.25, -0.2) is 0 Å². The average molecular weight is 315 g/mol. The van der Waals surface area contributed by atoms with Gasteiger partial charge in [-0.05, 0) is 33.0 Å². The molecule has 122 valence electrons. The molecule has 1 aliphatic rings. The topological polar surface area (TPSA) is 58.8 Å². The van der Waals surface area contributed by atoms with Crippen molar-refractivity contribution in [3.05, 3.63) is 41.3 Å². The summed E-state index contributed by atoms with van der Waals surface area (Å²) in [7, 11) is 1.93. The second-order valence-electron chi connectivity index (χ2n) is 5.84. The van der Waals surface area contributed by atoms with E-state index in [-0.39, 0.29) is 5.91 Å². The Bertz CT molecular complexity index is 691. The number of aromatic nitrogens is 1. The van der Waals surface area contributed by atoms with Crippen LogP contribution in [0, 0.1) is 13.8 Å². The fourth-order valence-electron chi connectivity index (χ4n) is 2.80. The van der Waals surface area contributed by atoms with E-state index in [1.54, 1.807) is 4.90 Å². The van der Waals surface area contributed by atoms with E-state index in [1.807, 2.05) is 50.1 Å². The Labute approximate surface area is 135 Å². The molecule has 0 saturated heterocycles. The molecule has 6 heteroatoms. The van der Waals surface area contributed by atoms with E-state index >= 15 is 0 Å². The van der Waals surface area contributed by atoms with Crippen molar-refractivity contribution in [1.82, 2.24) is 10.1 Å². The summed E-state index contributed by atoms with van der Waals surface area (Å²) in [6.07, 6.45) is 0. The monoisotopic (exact) mass is 315 g/mol. The second kappa shape index (κ2) is 6.42. The highest BCUT2D eigenvalue weighted by Crippen LogP contribution is 2.31. The van der Waals surface area contributed by atoms with Gasteiger partial charge in [0.1, 0.15) is 18.1 Å². The van der Waals surface area contributed by atoms with Crippen molar-refractivity contribution in [3.8, 4) is 5.75 Å². The first-order valence-electron chi connectivity index (χ1n) is 7.68. The Morgan fingerprint density at radius 2 is 2.13 bits per heavy atom. The molecule has 1 aliphatic heterocycles. The summed E-state index contributed by atoms with van der Waals surface area (Å²) in [6, 6.07) is 7.64. The Balaban J connectivity index is 1.68. The Kier molecular flexibility index (Phi) is 4.34. The molecular weight excluding hydrogens is 294 g/mol. The molecule has 0 aliphatic carbocycles. The van der Waals surface area contributed by atoms with Crippen LogP contribution in [-0.2, 0) is 11.3 Å². The number of nitrogens with zero attached hydrogens (tertiary/aromatic N) is 3. The van der Waals surface area contributed by atoms with E-state index in [4.69, 9.17) is 9.26 Å². The van der Waals surface area contributed by atoms with Gasteiger partial charge in [0, 0.05) is 12.1 Å². The molecule has 1 aromatic heterocycles. The average Bonchev–Trinajstić information content (AvgIpc) is 2.86. The van der Waals surface area contributed by atoms with Crippen molar-refractivity contribution in [2.45, 2.75) is 20.4 Å². The van der Waals surface area contributed by atoms with Gasteiger partial charge in [0.15, 0.2) is 0 Å². The molecule has 2 heterocycles. The van der Waals surface area contributed by atoms with E-state index in [0.717, 1.165) is 28.5 Å². The molecule has 2 aromatic rings. The quantitative estimate of drug-likeness (QED) is 0.865. The highest BCUT2D eigenvalue weighted by atomic mass is 16.5. The lowest BCUT2D eigenvalue weighted by atomic mass is 10.2. The van der Waals surface area contributed by atoms with E-state index in [9.17, 15) is 4.79 Å². The fourth-order valence-corrected chi connectivity index (χ4v) is 2.80. The summed E-state index contributed by atoms with van der Waals surface area (Å²) in [5.41, 5.74) is 2.76. The van der Waals surface area contributed by atoms with Crippen molar-refractivity contribution >= 4 is 11.6 Å². The minimum Gasteiger partial charge on any atom is -0.490 e. The van der Waals surface area contributed by atoms with Gasteiger partial charge < -0.3 is 14.2 Å². The van der Waals surface area contributed by atoms with E-state index < -0.39 is 0 Å². The first-order chi connectivity index (χ1) is 11.1. The molecule has 0 N–H and O–H groups in total. The molecule has 3 rings (SSSR count). The number of benzene rings is 1. The Morgan fingerprint density at radius 1 is 1.35 bits per heavy atom. The van der Waals surface area contributed by atoms with E-state index in [1.165, 1.54) is 0 Å². The molecular formula is C17H21N3O3. The first kappa shape index (κ1) is 15.6. The molecule has 0 unspecified atom stereocenters. The number of anilines is 1. The molecule has 0 atom stereocenters. The number of hydrogen-bond donors (Lipinski definition) is 0. The molecule has 0 saturated carbocycles. The Morgan fingerprint density at radius 3 is 2.87 bits per heavy atom. The highest BCUT2D eigenvalue weighted by molar-refractivity contribution is 5.96. The summed E-state index contributed by atoms with van der Waals surface area (Å²) in [5.74, 6) is 1.63.